The minimum atomic E-state index is -5.64. The maximum Gasteiger partial charge on any atom is 0.493 e. The van der Waals surface area contributed by atoms with Crippen molar-refractivity contribution in [3.05, 3.63) is 47.8 Å². The van der Waals surface area contributed by atoms with Gasteiger partial charge in [-0.15, -0.1) is 0 Å². The highest BCUT2D eigenvalue weighted by Gasteiger charge is 2.45. The summed E-state index contributed by atoms with van der Waals surface area (Å²) in [5, 5.41) is 0. The van der Waals surface area contributed by atoms with Crippen molar-refractivity contribution in [2.24, 2.45) is 0 Å². The number of aryl methyl sites for hydroxylation is 1. The van der Waals surface area contributed by atoms with Gasteiger partial charge in [-0.05, 0) is 43.8 Å². The van der Waals surface area contributed by atoms with Crippen molar-refractivity contribution in [3.63, 3.8) is 0 Å². The minimum absolute atomic E-state index is 0.316. The van der Waals surface area contributed by atoms with Crippen LogP contribution in [-0.2, 0) is 19.7 Å². The topological polar surface area (TPSA) is 79.4 Å². The summed E-state index contributed by atoms with van der Waals surface area (Å²) in [6.45, 7) is 0.470. The van der Waals surface area contributed by atoms with Crippen LogP contribution < -0.4 is 14.1 Å². The molecule has 15 heteroatoms. The molecule has 2 aromatic rings. The lowest BCUT2D eigenvalue weighted by Gasteiger charge is -2.35. The summed E-state index contributed by atoms with van der Waals surface area (Å²) in [5.41, 5.74) is 0.0336. The lowest BCUT2D eigenvalue weighted by Crippen LogP contribution is -2.44. The highest BCUT2D eigenvalue weighted by Crippen LogP contribution is 2.37. The zero-order valence-corrected chi connectivity index (χ0v) is 19.7. The SMILES string of the molecule is Cc1ccc(S(=O)(=O)N(OC(=O)C(F)(F)F)c2ccc(F)cc2OC(F)F)cc1N1CCN(C)CC1. The molecule has 3 rings (SSSR count). The lowest BCUT2D eigenvalue weighted by molar-refractivity contribution is -0.199. The van der Waals surface area contributed by atoms with Gasteiger partial charge in [0.05, 0.1) is 4.90 Å². The Hall–Kier alpha value is -3.20. The van der Waals surface area contributed by atoms with Crippen molar-refractivity contribution in [3.8, 4) is 5.75 Å². The quantitative estimate of drug-likeness (QED) is 0.391. The van der Waals surface area contributed by atoms with Crippen molar-refractivity contribution in [1.82, 2.24) is 4.90 Å². The third-order valence-electron chi connectivity index (χ3n) is 5.27. The van der Waals surface area contributed by atoms with Crippen molar-refractivity contribution in [1.29, 1.82) is 0 Å². The van der Waals surface area contributed by atoms with Crippen molar-refractivity contribution in [2.45, 2.75) is 24.6 Å². The molecular formula is C21H21F6N3O5S. The molecule has 1 heterocycles. The number of likely N-dealkylation sites (N-methyl/N-ethyl adjacent to an activating group) is 1. The first-order chi connectivity index (χ1) is 16.7. The molecule has 2 aromatic carbocycles. The van der Waals surface area contributed by atoms with E-state index < -0.39 is 55.4 Å². The Morgan fingerprint density at radius 1 is 1.06 bits per heavy atom. The van der Waals surface area contributed by atoms with Crippen LogP contribution in [0.4, 0.5) is 37.7 Å². The van der Waals surface area contributed by atoms with Gasteiger partial charge < -0.3 is 19.4 Å². The fourth-order valence-electron chi connectivity index (χ4n) is 3.42. The van der Waals surface area contributed by atoms with Gasteiger partial charge in [0.1, 0.15) is 11.5 Å². The van der Waals surface area contributed by atoms with Crippen LogP contribution in [0.15, 0.2) is 41.3 Å². The van der Waals surface area contributed by atoms with E-state index in [2.05, 4.69) is 9.57 Å². The molecule has 0 aromatic heterocycles. The van der Waals surface area contributed by atoms with Gasteiger partial charge in [0.25, 0.3) is 10.0 Å². The number of carbonyl (C=O) groups is 1. The van der Waals surface area contributed by atoms with Crippen LogP contribution in [0.2, 0.25) is 0 Å². The third-order valence-corrected chi connectivity index (χ3v) is 6.83. The Balaban J connectivity index is 2.13. The molecular weight excluding hydrogens is 520 g/mol. The number of alkyl halides is 5. The van der Waals surface area contributed by atoms with Crippen LogP contribution in [0.25, 0.3) is 0 Å². The molecule has 1 aliphatic heterocycles. The zero-order chi connectivity index (χ0) is 26.8. The van der Waals surface area contributed by atoms with E-state index >= 15 is 0 Å². The Labute approximate surface area is 202 Å². The average Bonchev–Trinajstić information content (AvgIpc) is 2.77. The third kappa shape index (κ3) is 6.13. The molecule has 1 saturated heterocycles. The van der Waals surface area contributed by atoms with Crippen LogP contribution in [0, 0.1) is 12.7 Å². The Morgan fingerprint density at radius 3 is 2.28 bits per heavy atom. The second-order valence-electron chi connectivity index (χ2n) is 7.84. The number of halogens is 6. The van der Waals surface area contributed by atoms with Crippen molar-refractivity contribution in [2.75, 3.05) is 42.6 Å². The molecule has 36 heavy (non-hydrogen) atoms. The Kier molecular flexibility index (Phi) is 7.93. The summed E-state index contributed by atoms with van der Waals surface area (Å²) in [6, 6.07) is 5.03. The fraction of sp³-hybridized carbons (Fsp3) is 0.381. The number of nitrogens with zero attached hydrogens (tertiary/aromatic N) is 3. The molecule has 0 bridgehead atoms. The molecule has 0 amide bonds. The summed E-state index contributed by atoms with van der Waals surface area (Å²) in [5.74, 6) is -5.29. The van der Waals surface area contributed by atoms with E-state index in [4.69, 9.17) is 0 Å². The van der Waals surface area contributed by atoms with Gasteiger partial charge in [-0.25, -0.2) is 9.18 Å². The highest BCUT2D eigenvalue weighted by atomic mass is 32.2. The number of benzene rings is 2. The van der Waals surface area contributed by atoms with Crippen LogP contribution in [-0.4, -0.2) is 65.3 Å². The fourth-order valence-corrected chi connectivity index (χ4v) is 4.69. The first-order valence-electron chi connectivity index (χ1n) is 10.3. The van der Waals surface area contributed by atoms with Gasteiger partial charge in [-0.1, -0.05) is 10.5 Å². The van der Waals surface area contributed by atoms with Crippen molar-refractivity contribution < 1.29 is 49.1 Å². The summed E-state index contributed by atoms with van der Waals surface area (Å²) in [7, 11) is -3.26. The van der Waals surface area contributed by atoms with Crippen LogP contribution in [0.5, 0.6) is 5.75 Å². The van der Waals surface area contributed by atoms with Crippen LogP contribution in [0.3, 0.4) is 0 Å². The summed E-state index contributed by atoms with van der Waals surface area (Å²) >= 11 is 0. The molecule has 8 nitrogen and oxygen atoms in total. The number of ether oxygens (including phenoxy) is 1. The maximum atomic E-state index is 13.7. The van der Waals surface area contributed by atoms with Crippen molar-refractivity contribution >= 4 is 27.4 Å². The van der Waals surface area contributed by atoms with Gasteiger partial charge in [0, 0.05) is 37.9 Å². The van der Waals surface area contributed by atoms with E-state index in [1.165, 1.54) is 12.1 Å². The number of anilines is 2. The van der Waals surface area contributed by atoms with Gasteiger partial charge in [0.2, 0.25) is 0 Å². The molecule has 198 valence electrons. The zero-order valence-electron chi connectivity index (χ0n) is 18.9. The maximum absolute atomic E-state index is 13.7. The molecule has 1 fully saturated rings. The van der Waals surface area contributed by atoms with E-state index in [9.17, 15) is 39.6 Å². The molecule has 0 atom stereocenters. The van der Waals surface area contributed by atoms with Crippen LogP contribution in [0.1, 0.15) is 5.56 Å². The minimum Gasteiger partial charge on any atom is -0.432 e. The highest BCUT2D eigenvalue weighted by molar-refractivity contribution is 7.92. The molecule has 1 aliphatic rings. The summed E-state index contributed by atoms with van der Waals surface area (Å²) < 4.78 is 109. The van der Waals surface area contributed by atoms with E-state index in [1.54, 1.807) is 6.92 Å². The van der Waals surface area contributed by atoms with E-state index in [-0.39, 0.29) is 0 Å². The predicted octanol–water partition coefficient (Wildman–Crippen LogP) is 3.70. The number of rotatable bonds is 7. The van der Waals surface area contributed by atoms with E-state index in [1.807, 2.05) is 16.8 Å². The lowest BCUT2D eigenvalue weighted by atomic mass is 10.1. The van der Waals surface area contributed by atoms with E-state index in [0.29, 0.717) is 55.6 Å². The first-order valence-corrected chi connectivity index (χ1v) is 11.8. The molecule has 0 radical (unpaired) electrons. The smallest absolute Gasteiger partial charge is 0.432 e. The molecule has 0 unspecified atom stereocenters. The van der Waals surface area contributed by atoms with Crippen LogP contribution >= 0.6 is 0 Å². The number of piperazine rings is 1. The Bertz CT molecular complexity index is 1220. The number of hydrogen-bond donors (Lipinski definition) is 0. The number of hydrogen-bond acceptors (Lipinski definition) is 7. The van der Waals surface area contributed by atoms with E-state index in [0.717, 1.165) is 6.07 Å². The summed E-state index contributed by atoms with van der Waals surface area (Å²) in [4.78, 5) is 19.0. The second-order valence-corrected chi connectivity index (χ2v) is 9.59. The molecule has 0 N–H and O–H groups in total. The number of sulfonamides is 1. The monoisotopic (exact) mass is 541 g/mol. The molecule has 0 spiro atoms. The molecule has 0 aliphatic carbocycles. The summed E-state index contributed by atoms with van der Waals surface area (Å²) in [6.07, 6.45) is -5.64. The largest absolute Gasteiger partial charge is 0.493 e. The molecule has 0 saturated carbocycles. The Morgan fingerprint density at radius 2 is 1.69 bits per heavy atom. The van der Waals surface area contributed by atoms with Gasteiger partial charge >= 0.3 is 18.8 Å². The average molecular weight is 541 g/mol. The van der Waals surface area contributed by atoms with Gasteiger partial charge in [-0.2, -0.15) is 30.4 Å². The van der Waals surface area contributed by atoms with Gasteiger partial charge in [0.15, 0.2) is 5.75 Å². The predicted molar refractivity (Wildman–Crippen MR) is 116 cm³/mol. The second kappa shape index (κ2) is 10.4. The number of carbonyl (C=O) groups excluding carboxylic acids is 1. The standard InChI is InChI=1S/C21H21F6N3O5S/c1-13-3-5-15(12-17(13)29-9-7-28(2)8-10-29)36(32,33)30(35-19(31)21(25,26)27)16-6-4-14(22)11-18(16)34-20(23)24/h3-6,11-12,20H,7-10H2,1-2H3. The normalized spacial score (nSPS) is 15.2. The van der Waals surface area contributed by atoms with Gasteiger partial charge in [-0.3, -0.25) is 0 Å². The first kappa shape index (κ1) is 27.4.